The van der Waals surface area contributed by atoms with Crippen LogP contribution in [0.5, 0.6) is 0 Å². The summed E-state index contributed by atoms with van der Waals surface area (Å²) < 4.78 is 25.3. The SMILES string of the molecule is CN(C)S(=O)(=O)c1ccc(C(=O)NCC2(c3ccc(Cl)cc3)CC2)cc1. The summed E-state index contributed by atoms with van der Waals surface area (Å²) in [5, 5.41) is 3.66. The Labute approximate surface area is 159 Å². The molecule has 1 aliphatic rings. The third kappa shape index (κ3) is 3.77. The van der Waals surface area contributed by atoms with Crippen molar-refractivity contribution in [2.24, 2.45) is 0 Å². The van der Waals surface area contributed by atoms with Crippen molar-refractivity contribution in [3.8, 4) is 0 Å². The maximum absolute atomic E-state index is 12.4. The highest BCUT2D eigenvalue weighted by molar-refractivity contribution is 7.89. The molecule has 3 rings (SSSR count). The van der Waals surface area contributed by atoms with Crippen LogP contribution in [0.25, 0.3) is 0 Å². The largest absolute Gasteiger partial charge is 0.351 e. The van der Waals surface area contributed by atoms with E-state index in [9.17, 15) is 13.2 Å². The number of sulfonamides is 1. The fourth-order valence-electron chi connectivity index (χ4n) is 2.86. The quantitative estimate of drug-likeness (QED) is 0.821. The predicted molar refractivity (Wildman–Crippen MR) is 102 cm³/mol. The van der Waals surface area contributed by atoms with E-state index < -0.39 is 10.0 Å². The Morgan fingerprint density at radius 3 is 2.15 bits per heavy atom. The molecule has 0 radical (unpaired) electrons. The zero-order valence-electron chi connectivity index (χ0n) is 14.7. The average Bonchev–Trinajstić information content (AvgIpc) is 3.41. The van der Waals surface area contributed by atoms with Crippen LogP contribution in [-0.2, 0) is 15.4 Å². The van der Waals surface area contributed by atoms with Gasteiger partial charge in [0, 0.05) is 36.6 Å². The summed E-state index contributed by atoms with van der Waals surface area (Å²) in [6, 6.07) is 13.7. The molecular weight excluding hydrogens is 372 g/mol. The minimum Gasteiger partial charge on any atom is -0.351 e. The summed E-state index contributed by atoms with van der Waals surface area (Å²) in [6.45, 7) is 0.547. The van der Waals surface area contributed by atoms with Crippen LogP contribution in [0.4, 0.5) is 0 Å². The van der Waals surface area contributed by atoms with E-state index in [0.29, 0.717) is 17.1 Å². The second kappa shape index (κ2) is 7.02. The van der Waals surface area contributed by atoms with Crippen LogP contribution in [0.15, 0.2) is 53.4 Å². The minimum absolute atomic E-state index is 0.0194. The van der Waals surface area contributed by atoms with Gasteiger partial charge in [-0.1, -0.05) is 23.7 Å². The van der Waals surface area contributed by atoms with E-state index in [-0.39, 0.29) is 16.2 Å². The lowest BCUT2D eigenvalue weighted by atomic mass is 9.96. The molecule has 0 atom stereocenters. The van der Waals surface area contributed by atoms with Crippen LogP contribution in [0, 0.1) is 0 Å². The van der Waals surface area contributed by atoms with Crippen molar-refractivity contribution in [3.05, 3.63) is 64.7 Å². The van der Waals surface area contributed by atoms with Gasteiger partial charge in [0.25, 0.3) is 5.91 Å². The van der Waals surface area contributed by atoms with E-state index in [2.05, 4.69) is 5.32 Å². The normalized spacial score (nSPS) is 15.7. The second-order valence-corrected chi connectivity index (χ2v) is 9.37. The minimum atomic E-state index is -3.49. The first kappa shape index (κ1) is 18.9. The van der Waals surface area contributed by atoms with Gasteiger partial charge in [-0.05, 0) is 54.8 Å². The number of nitrogens with one attached hydrogen (secondary N) is 1. The fraction of sp³-hybridized carbons (Fsp3) is 0.316. The van der Waals surface area contributed by atoms with Crippen molar-refractivity contribution in [2.45, 2.75) is 23.2 Å². The van der Waals surface area contributed by atoms with E-state index in [0.717, 1.165) is 17.1 Å². The summed E-state index contributed by atoms with van der Waals surface area (Å²) in [4.78, 5) is 12.6. The molecule has 2 aromatic rings. The van der Waals surface area contributed by atoms with Gasteiger partial charge in [-0.25, -0.2) is 12.7 Å². The number of carbonyl (C=O) groups excluding carboxylic acids is 1. The average molecular weight is 393 g/mol. The summed E-state index contributed by atoms with van der Waals surface area (Å²) >= 11 is 5.94. The van der Waals surface area contributed by atoms with Crippen molar-refractivity contribution < 1.29 is 13.2 Å². The smallest absolute Gasteiger partial charge is 0.251 e. The van der Waals surface area contributed by atoms with Gasteiger partial charge in [0.2, 0.25) is 10.0 Å². The number of hydrogen-bond acceptors (Lipinski definition) is 3. The Morgan fingerprint density at radius 1 is 1.08 bits per heavy atom. The van der Waals surface area contributed by atoms with Gasteiger partial charge in [-0.3, -0.25) is 4.79 Å². The van der Waals surface area contributed by atoms with Crippen LogP contribution in [0.3, 0.4) is 0 Å². The van der Waals surface area contributed by atoms with Crippen LogP contribution in [-0.4, -0.2) is 39.3 Å². The number of rotatable bonds is 6. The van der Waals surface area contributed by atoms with Gasteiger partial charge < -0.3 is 5.32 Å². The lowest BCUT2D eigenvalue weighted by molar-refractivity contribution is 0.0949. The molecule has 0 heterocycles. The number of hydrogen-bond donors (Lipinski definition) is 1. The van der Waals surface area contributed by atoms with E-state index in [4.69, 9.17) is 11.6 Å². The van der Waals surface area contributed by atoms with Crippen molar-refractivity contribution >= 4 is 27.5 Å². The number of benzene rings is 2. The van der Waals surface area contributed by atoms with E-state index in [1.54, 1.807) is 0 Å². The van der Waals surface area contributed by atoms with Gasteiger partial charge >= 0.3 is 0 Å². The molecule has 26 heavy (non-hydrogen) atoms. The fourth-order valence-corrected chi connectivity index (χ4v) is 3.89. The summed E-state index contributed by atoms with van der Waals surface area (Å²) in [5.74, 6) is -0.209. The topological polar surface area (TPSA) is 66.5 Å². The number of carbonyl (C=O) groups is 1. The Kier molecular flexibility index (Phi) is 5.10. The lowest BCUT2D eigenvalue weighted by Gasteiger charge is -2.17. The van der Waals surface area contributed by atoms with Crippen molar-refractivity contribution in [2.75, 3.05) is 20.6 Å². The summed E-state index contributed by atoms with van der Waals surface area (Å²) in [6.07, 6.45) is 2.05. The van der Waals surface area contributed by atoms with Crippen molar-refractivity contribution in [1.29, 1.82) is 0 Å². The monoisotopic (exact) mass is 392 g/mol. The number of halogens is 1. The highest BCUT2D eigenvalue weighted by atomic mass is 35.5. The highest BCUT2D eigenvalue weighted by Gasteiger charge is 2.44. The van der Waals surface area contributed by atoms with Gasteiger partial charge in [0.15, 0.2) is 0 Å². The Hall–Kier alpha value is -1.89. The zero-order chi connectivity index (χ0) is 18.9. The van der Waals surface area contributed by atoms with Gasteiger partial charge in [0.05, 0.1) is 4.90 Å². The standard InChI is InChI=1S/C19H21ClN2O3S/c1-22(2)26(24,25)17-9-3-14(4-10-17)18(23)21-13-19(11-12-19)15-5-7-16(20)8-6-15/h3-10H,11-13H2,1-2H3,(H,21,23). The molecule has 0 aliphatic heterocycles. The maximum atomic E-state index is 12.4. The summed E-state index contributed by atoms with van der Waals surface area (Å²) in [5.41, 5.74) is 1.60. The zero-order valence-corrected chi connectivity index (χ0v) is 16.3. The lowest BCUT2D eigenvalue weighted by Crippen LogP contribution is -2.32. The molecule has 0 saturated heterocycles. The molecule has 0 spiro atoms. The molecule has 5 nitrogen and oxygen atoms in total. The first-order valence-corrected chi connectivity index (χ1v) is 10.1. The maximum Gasteiger partial charge on any atom is 0.251 e. The molecular formula is C19H21ClN2O3S. The molecule has 2 aromatic carbocycles. The molecule has 138 valence electrons. The third-order valence-electron chi connectivity index (χ3n) is 4.79. The molecule has 1 aliphatic carbocycles. The molecule has 1 fully saturated rings. The van der Waals surface area contributed by atoms with Crippen molar-refractivity contribution in [3.63, 3.8) is 0 Å². The van der Waals surface area contributed by atoms with Crippen LogP contribution >= 0.6 is 11.6 Å². The molecule has 0 aromatic heterocycles. The molecule has 1 saturated carbocycles. The second-order valence-electron chi connectivity index (χ2n) is 6.78. The molecule has 1 N–H and O–H groups in total. The first-order valence-electron chi connectivity index (χ1n) is 8.31. The van der Waals surface area contributed by atoms with Crippen molar-refractivity contribution in [1.82, 2.24) is 9.62 Å². The Balaban J connectivity index is 1.66. The number of nitrogens with zero attached hydrogens (tertiary/aromatic N) is 1. The Bertz CT molecular complexity index is 903. The van der Waals surface area contributed by atoms with E-state index in [1.807, 2.05) is 24.3 Å². The Morgan fingerprint density at radius 2 is 1.65 bits per heavy atom. The predicted octanol–water partition coefficient (Wildman–Crippen LogP) is 3.05. The van der Waals surface area contributed by atoms with Crippen LogP contribution in [0.1, 0.15) is 28.8 Å². The van der Waals surface area contributed by atoms with Crippen LogP contribution < -0.4 is 5.32 Å². The van der Waals surface area contributed by atoms with Gasteiger partial charge in [0.1, 0.15) is 0 Å². The van der Waals surface area contributed by atoms with Gasteiger partial charge in [-0.15, -0.1) is 0 Å². The first-order chi connectivity index (χ1) is 12.2. The van der Waals surface area contributed by atoms with Gasteiger partial charge in [-0.2, -0.15) is 0 Å². The van der Waals surface area contributed by atoms with E-state index >= 15 is 0 Å². The summed E-state index contributed by atoms with van der Waals surface area (Å²) in [7, 11) is -0.546. The van der Waals surface area contributed by atoms with Crippen LogP contribution in [0.2, 0.25) is 5.02 Å². The highest BCUT2D eigenvalue weighted by Crippen LogP contribution is 2.47. The third-order valence-corrected chi connectivity index (χ3v) is 6.87. The molecule has 0 unspecified atom stereocenters. The van der Waals surface area contributed by atoms with E-state index in [1.165, 1.54) is 43.9 Å². The molecule has 1 amide bonds. The number of amides is 1. The molecule has 7 heteroatoms. The molecule has 0 bridgehead atoms.